The second-order valence-corrected chi connectivity index (χ2v) is 3.60. The van der Waals surface area contributed by atoms with Gasteiger partial charge in [0.05, 0.1) is 19.8 Å². The Morgan fingerprint density at radius 2 is 1.92 bits per heavy atom. The minimum absolute atomic E-state index is 0.0156. The molecule has 0 spiro atoms. The van der Waals surface area contributed by atoms with Crippen molar-refractivity contribution in [1.82, 2.24) is 0 Å². The largest absolute Gasteiger partial charge is 0.384 e. The van der Waals surface area contributed by atoms with Gasteiger partial charge in [-0.3, -0.25) is 0 Å². The molecule has 1 saturated heterocycles. The molecule has 0 radical (unpaired) electrons. The van der Waals surface area contributed by atoms with Gasteiger partial charge in [0.15, 0.2) is 6.29 Å². The van der Waals surface area contributed by atoms with E-state index in [-0.39, 0.29) is 6.29 Å². The molecular weight excluding hydrogens is 156 g/mol. The third kappa shape index (κ3) is 2.73. The van der Waals surface area contributed by atoms with E-state index in [1.807, 2.05) is 0 Å². The molecule has 0 aromatic rings. The minimum Gasteiger partial charge on any atom is -0.384 e. The molecule has 1 aliphatic rings. The topological polar surface area (TPSA) is 27.7 Å². The predicted octanol–water partition coefficient (Wildman–Crippen LogP) is 1.28. The quantitative estimate of drug-likeness (QED) is 0.645. The van der Waals surface area contributed by atoms with Crippen LogP contribution in [-0.2, 0) is 14.2 Å². The van der Waals surface area contributed by atoms with E-state index in [4.69, 9.17) is 14.2 Å². The van der Waals surface area contributed by atoms with Gasteiger partial charge in [-0.05, 0) is 0 Å². The van der Waals surface area contributed by atoms with Gasteiger partial charge in [0.25, 0.3) is 0 Å². The van der Waals surface area contributed by atoms with Crippen LogP contribution in [0.25, 0.3) is 0 Å². The molecule has 0 amide bonds. The van der Waals surface area contributed by atoms with Gasteiger partial charge in [-0.25, -0.2) is 0 Å². The molecule has 1 heterocycles. The zero-order valence-corrected chi connectivity index (χ0v) is 8.08. The van der Waals surface area contributed by atoms with Crippen molar-refractivity contribution in [1.29, 1.82) is 0 Å². The number of methoxy groups -OCH3 is 1. The van der Waals surface area contributed by atoms with E-state index in [9.17, 15) is 0 Å². The zero-order chi connectivity index (χ0) is 8.97. The van der Waals surface area contributed by atoms with Crippen LogP contribution in [0.15, 0.2) is 0 Å². The highest BCUT2D eigenvalue weighted by Gasteiger charge is 2.23. The molecule has 1 fully saturated rings. The summed E-state index contributed by atoms with van der Waals surface area (Å²) in [5.74, 6) is 0.846. The molecule has 0 N–H and O–H groups in total. The summed E-state index contributed by atoms with van der Waals surface area (Å²) < 4.78 is 16.0. The van der Waals surface area contributed by atoms with Crippen LogP contribution in [0.4, 0.5) is 0 Å². The lowest BCUT2D eigenvalue weighted by atomic mass is 10.1. The summed E-state index contributed by atoms with van der Waals surface area (Å²) in [4.78, 5) is 0. The zero-order valence-electron chi connectivity index (χ0n) is 8.08. The van der Waals surface area contributed by atoms with Crippen molar-refractivity contribution in [2.45, 2.75) is 20.1 Å². The Hall–Kier alpha value is -0.120. The highest BCUT2D eigenvalue weighted by Crippen LogP contribution is 2.16. The molecule has 0 aromatic heterocycles. The standard InChI is InChI=1S/C9H18O3/c1-7(2)9-11-5-8(4-10-3)6-12-9/h7-9H,4-6H2,1-3H3. The predicted molar refractivity (Wildman–Crippen MR) is 45.9 cm³/mol. The molecule has 12 heavy (non-hydrogen) atoms. The number of rotatable bonds is 3. The van der Waals surface area contributed by atoms with Crippen LogP contribution in [0.3, 0.4) is 0 Å². The van der Waals surface area contributed by atoms with E-state index >= 15 is 0 Å². The van der Waals surface area contributed by atoms with Crippen molar-refractivity contribution in [3.8, 4) is 0 Å². The Labute approximate surface area is 74.0 Å². The van der Waals surface area contributed by atoms with Crippen molar-refractivity contribution < 1.29 is 14.2 Å². The van der Waals surface area contributed by atoms with Gasteiger partial charge in [-0.1, -0.05) is 13.8 Å². The van der Waals surface area contributed by atoms with E-state index in [0.717, 1.165) is 19.8 Å². The molecule has 72 valence electrons. The Morgan fingerprint density at radius 3 is 2.33 bits per heavy atom. The van der Waals surface area contributed by atoms with Crippen molar-refractivity contribution in [2.75, 3.05) is 26.9 Å². The summed E-state index contributed by atoms with van der Waals surface area (Å²) in [6.45, 7) is 6.45. The average Bonchev–Trinajstić information content (AvgIpc) is 2.06. The molecule has 0 aromatic carbocycles. The molecule has 0 saturated carbocycles. The first-order valence-electron chi connectivity index (χ1n) is 4.46. The summed E-state index contributed by atoms with van der Waals surface area (Å²) in [5.41, 5.74) is 0. The summed E-state index contributed by atoms with van der Waals surface area (Å²) in [7, 11) is 1.70. The van der Waals surface area contributed by atoms with E-state index < -0.39 is 0 Å². The third-order valence-electron chi connectivity index (χ3n) is 1.94. The molecule has 1 aliphatic heterocycles. The van der Waals surface area contributed by atoms with Gasteiger partial charge in [0.2, 0.25) is 0 Å². The van der Waals surface area contributed by atoms with Gasteiger partial charge in [0.1, 0.15) is 0 Å². The molecule has 0 unspecified atom stereocenters. The fourth-order valence-corrected chi connectivity index (χ4v) is 1.27. The Bertz CT molecular complexity index is 117. The van der Waals surface area contributed by atoms with Crippen LogP contribution in [0, 0.1) is 11.8 Å². The normalized spacial score (nSPS) is 31.0. The number of hydrogen-bond donors (Lipinski definition) is 0. The van der Waals surface area contributed by atoms with E-state index in [1.54, 1.807) is 7.11 Å². The van der Waals surface area contributed by atoms with Crippen LogP contribution in [0.1, 0.15) is 13.8 Å². The fraction of sp³-hybridized carbons (Fsp3) is 1.00. The van der Waals surface area contributed by atoms with Crippen molar-refractivity contribution >= 4 is 0 Å². The monoisotopic (exact) mass is 174 g/mol. The second kappa shape index (κ2) is 4.80. The molecule has 0 atom stereocenters. The van der Waals surface area contributed by atoms with Gasteiger partial charge in [-0.2, -0.15) is 0 Å². The number of hydrogen-bond acceptors (Lipinski definition) is 3. The first-order chi connectivity index (χ1) is 5.74. The average molecular weight is 174 g/mol. The maximum Gasteiger partial charge on any atom is 0.159 e. The molecular formula is C9H18O3. The molecule has 3 heteroatoms. The van der Waals surface area contributed by atoms with Crippen LogP contribution >= 0.6 is 0 Å². The maximum absolute atomic E-state index is 5.50. The van der Waals surface area contributed by atoms with E-state index in [2.05, 4.69) is 13.8 Å². The smallest absolute Gasteiger partial charge is 0.159 e. The van der Waals surface area contributed by atoms with Crippen molar-refractivity contribution in [3.63, 3.8) is 0 Å². The van der Waals surface area contributed by atoms with Crippen LogP contribution in [0.2, 0.25) is 0 Å². The maximum atomic E-state index is 5.50. The highest BCUT2D eigenvalue weighted by molar-refractivity contribution is 4.63. The van der Waals surface area contributed by atoms with Gasteiger partial charge >= 0.3 is 0 Å². The van der Waals surface area contributed by atoms with Crippen LogP contribution < -0.4 is 0 Å². The van der Waals surface area contributed by atoms with Gasteiger partial charge in [-0.15, -0.1) is 0 Å². The molecule has 0 aliphatic carbocycles. The Morgan fingerprint density at radius 1 is 1.33 bits per heavy atom. The van der Waals surface area contributed by atoms with E-state index in [0.29, 0.717) is 11.8 Å². The summed E-state index contributed by atoms with van der Waals surface area (Å²) >= 11 is 0. The highest BCUT2D eigenvalue weighted by atomic mass is 16.7. The lowest BCUT2D eigenvalue weighted by molar-refractivity contribution is -0.224. The lowest BCUT2D eigenvalue weighted by Gasteiger charge is -2.31. The molecule has 0 bridgehead atoms. The van der Waals surface area contributed by atoms with Gasteiger partial charge < -0.3 is 14.2 Å². The molecule has 1 rings (SSSR count). The SMILES string of the molecule is COCC1COC(C(C)C)OC1. The van der Waals surface area contributed by atoms with Crippen LogP contribution in [-0.4, -0.2) is 33.2 Å². The summed E-state index contributed by atoms with van der Waals surface area (Å²) in [6, 6.07) is 0. The van der Waals surface area contributed by atoms with Crippen molar-refractivity contribution in [3.05, 3.63) is 0 Å². The Kier molecular flexibility index (Phi) is 3.98. The molecule has 3 nitrogen and oxygen atoms in total. The summed E-state index contributed by atoms with van der Waals surface area (Å²) in [6.07, 6.45) is -0.0156. The summed E-state index contributed by atoms with van der Waals surface area (Å²) in [5, 5.41) is 0. The Balaban J connectivity index is 2.20. The van der Waals surface area contributed by atoms with Gasteiger partial charge in [0, 0.05) is 18.9 Å². The lowest BCUT2D eigenvalue weighted by Crippen LogP contribution is -2.36. The van der Waals surface area contributed by atoms with Crippen molar-refractivity contribution in [2.24, 2.45) is 11.8 Å². The second-order valence-electron chi connectivity index (χ2n) is 3.60. The third-order valence-corrected chi connectivity index (χ3v) is 1.94. The first-order valence-corrected chi connectivity index (χ1v) is 4.46. The van der Waals surface area contributed by atoms with E-state index in [1.165, 1.54) is 0 Å². The fourth-order valence-electron chi connectivity index (χ4n) is 1.27. The number of ether oxygens (including phenoxy) is 3. The minimum atomic E-state index is -0.0156. The first kappa shape index (κ1) is 9.96. The van der Waals surface area contributed by atoms with Crippen LogP contribution in [0.5, 0.6) is 0 Å².